The highest BCUT2D eigenvalue weighted by atomic mass is 16.5. The summed E-state index contributed by atoms with van der Waals surface area (Å²) in [5, 5.41) is 3.51. The molecular weight excluding hydrogens is 328 g/mol. The summed E-state index contributed by atoms with van der Waals surface area (Å²) in [5.41, 5.74) is 2.44. The average Bonchev–Trinajstić information content (AvgIpc) is 2.64. The van der Waals surface area contributed by atoms with Crippen LogP contribution in [0.5, 0.6) is 11.5 Å². The Labute approximate surface area is 154 Å². The molecule has 5 nitrogen and oxygen atoms in total. The normalized spacial score (nSPS) is 16.3. The molecule has 0 saturated heterocycles. The van der Waals surface area contributed by atoms with Gasteiger partial charge in [0.2, 0.25) is 0 Å². The van der Waals surface area contributed by atoms with Gasteiger partial charge in [0, 0.05) is 17.8 Å². The first-order valence-electron chi connectivity index (χ1n) is 9.06. The molecule has 1 aliphatic heterocycles. The smallest absolute Gasteiger partial charge is 0.257 e. The van der Waals surface area contributed by atoms with E-state index in [2.05, 4.69) is 12.2 Å². The van der Waals surface area contributed by atoms with Crippen LogP contribution in [0.15, 0.2) is 42.5 Å². The minimum atomic E-state index is -0.304. The molecule has 1 atom stereocenters. The van der Waals surface area contributed by atoms with Crippen LogP contribution in [0.25, 0.3) is 0 Å². The Morgan fingerprint density at radius 2 is 1.92 bits per heavy atom. The van der Waals surface area contributed by atoms with Crippen LogP contribution in [-0.4, -0.2) is 30.6 Å². The van der Waals surface area contributed by atoms with Crippen molar-refractivity contribution in [3.05, 3.63) is 53.6 Å². The van der Waals surface area contributed by atoms with Crippen LogP contribution in [-0.2, 0) is 0 Å². The Balaban J connectivity index is 2.11. The third kappa shape index (κ3) is 3.34. The van der Waals surface area contributed by atoms with Crippen LogP contribution in [0.3, 0.4) is 0 Å². The number of hydrogen-bond donors (Lipinski definition) is 1. The van der Waals surface area contributed by atoms with Crippen molar-refractivity contribution in [2.45, 2.75) is 39.5 Å². The van der Waals surface area contributed by atoms with Crippen molar-refractivity contribution in [1.82, 2.24) is 4.90 Å². The lowest BCUT2D eigenvalue weighted by molar-refractivity contribution is 0.0679. The maximum atomic E-state index is 13.1. The molecule has 2 aromatic carbocycles. The molecular formula is C21H26N2O3. The molecule has 0 radical (unpaired) electrons. The monoisotopic (exact) mass is 354 g/mol. The molecule has 0 saturated carbocycles. The summed E-state index contributed by atoms with van der Waals surface area (Å²) < 4.78 is 11.6. The number of nitrogens with one attached hydrogen (secondary N) is 1. The molecule has 0 aromatic heterocycles. The summed E-state index contributed by atoms with van der Waals surface area (Å²) in [4.78, 5) is 15.0. The highest BCUT2D eigenvalue weighted by molar-refractivity contribution is 6.01. The molecule has 0 bridgehead atoms. The largest absolute Gasteiger partial charge is 0.493 e. The van der Waals surface area contributed by atoms with E-state index in [1.54, 1.807) is 7.11 Å². The number of anilines is 1. The molecule has 1 N–H and O–H groups in total. The number of rotatable bonds is 6. The molecule has 0 fully saturated rings. The SMILES string of the molecule is CCCN1C(=O)c2ccccc2N[C@H]1c1cccc(OC)c1OC(C)C. The zero-order chi connectivity index (χ0) is 18.7. The van der Waals surface area contributed by atoms with Gasteiger partial charge in [-0.25, -0.2) is 0 Å². The summed E-state index contributed by atoms with van der Waals surface area (Å²) >= 11 is 0. The van der Waals surface area contributed by atoms with E-state index in [0.717, 1.165) is 17.7 Å². The van der Waals surface area contributed by atoms with E-state index in [9.17, 15) is 4.79 Å². The maximum absolute atomic E-state index is 13.1. The summed E-state index contributed by atoms with van der Waals surface area (Å²) in [6, 6.07) is 13.4. The molecule has 3 rings (SSSR count). The molecule has 0 spiro atoms. The van der Waals surface area contributed by atoms with Gasteiger partial charge in [-0.3, -0.25) is 4.79 Å². The highest BCUT2D eigenvalue weighted by Crippen LogP contribution is 2.41. The van der Waals surface area contributed by atoms with E-state index in [4.69, 9.17) is 9.47 Å². The van der Waals surface area contributed by atoms with E-state index in [0.29, 0.717) is 23.6 Å². The number of hydrogen-bond acceptors (Lipinski definition) is 4. The summed E-state index contributed by atoms with van der Waals surface area (Å²) in [6.45, 7) is 6.69. The second kappa shape index (κ2) is 7.68. The van der Waals surface area contributed by atoms with Crippen molar-refractivity contribution in [3.63, 3.8) is 0 Å². The van der Waals surface area contributed by atoms with Gasteiger partial charge in [-0.15, -0.1) is 0 Å². The first-order chi connectivity index (χ1) is 12.6. The molecule has 0 aliphatic carbocycles. The minimum Gasteiger partial charge on any atom is -0.493 e. The van der Waals surface area contributed by atoms with Crippen LogP contribution in [0.1, 0.15) is 49.3 Å². The van der Waals surface area contributed by atoms with Gasteiger partial charge in [-0.2, -0.15) is 0 Å². The van der Waals surface area contributed by atoms with Crippen molar-refractivity contribution in [3.8, 4) is 11.5 Å². The zero-order valence-corrected chi connectivity index (χ0v) is 15.8. The Bertz CT molecular complexity index is 789. The van der Waals surface area contributed by atoms with Gasteiger partial charge in [0.25, 0.3) is 5.91 Å². The molecule has 1 aliphatic rings. The van der Waals surface area contributed by atoms with Gasteiger partial charge in [0.15, 0.2) is 11.5 Å². The third-order valence-corrected chi connectivity index (χ3v) is 4.36. The third-order valence-electron chi connectivity index (χ3n) is 4.36. The van der Waals surface area contributed by atoms with Crippen molar-refractivity contribution in [1.29, 1.82) is 0 Å². The van der Waals surface area contributed by atoms with Gasteiger partial charge in [-0.1, -0.05) is 31.2 Å². The van der Waals surface area contributed by atoms with Crippen molar-refractivity contribution >= 4 is 11.6 Å². The molecule has 5 heteroatoms. The second-order valence-corrected chi connectivity index (χ2v) is 6.64. The second-order valence-electron chi connectivity index (χ2n) is 6.64. The lowest BCUT2D eigenvalue weighted by atomic mass is 10.0. The van der Waals surface area contributed by atoms with E-state index < -0.39 is 0 Å². The van der Waals surface area contributed by atoms with Crippen LogP contribution < -0.4 is 14.8 Å². The average molecular weight is 354 g/mol. The van der Waals surface area contributed by atoms with Gasteiger partial charge in [0.1, 0.15) is 6.17 Å². The molecule has 0 unspecified atom stereocenters. The number of carbonyl (C=O) groups excluding carboxylic acids is 1. The maximum Gasteiger partial charge on any atom is 0.257 e. The number of nitrogens with zero attached hydrogens (tertiary/aromatic N) is 1. The van der Waals surface area contributed by atoms with Crippen molar-refractivity contribution in [2.24, 2.45) is 0 Å². The number of ether oxygens (including phenoxy) is 2. The number of methoxy groups -OCH3 is 1. The lowest BCUT2D eigenvalue weighted by Crippen LogP contribution is -2.43. The van der Waals surface area contributed by atoms with E-state index in [1.807, 2.05) is 61.2 Å². The molecule has 1 heterocycles. The predicted molar refractivity (Wildman–Crippen MR) is 103 cm³/mol. The van der Waals surface area contributed by atoms with E-state index >= 15 is 0 Å². The predicted octanol–water partition coefficient (Wildman–Crippen LogP) is 4.46. The number of amides is 1. The fraction of sp³-hybridized carbons (Fsp3) is 0.381. The number of carbonyl (C=O) groups is 1. The summed E-state index contributed by atoms with van der Waals surface area (Å²) in [6.07, 6.45) is 0.564. The van der Waals surface area contributed by atoms with E-state index in [-0.39, 0.29) is 18.2 Å². The van der Waals surface area contributed by atoms with Gasteiger partial charge in [-0.05, 0) is 38.5 Å². The van der Waals surface area contributed by atoms with E-state index in [1.165, 1.54) is 0 Å². The van der Waals surface area contributed by atoms with Gasteiger partial charge < -0.3 is 19.7 Å². The summed E-state index contributed by atoms with van der Waals surface area (Å²) in [5.74, 6) is 1.38. The first-order valence-corrected chi connectivity index (χ1v) is 9.06. The van der Waals surface area contributed by atoms with Crippen LogP contribution in [0.2, 0.25) is 0 Å². The van der Waals surface area contributed by atoms with Crippen LogP contribution >= 0.6 is 0 Å². The standard InChI is InChI=1S/C21H26N2O3/c1-5-13-23-20(22-17-11-7-6-9-15(17)21(23)24)16-10-8-12-18(25-4)19(16)26-14(2)3/h6-12,14,20,22H,5,13H2,1-4H3/t20-/m1/s1. The lowest BCUT2D eigenvalue weighted by Gasteiger charge is -2.39. The van der Waals surface area contributed by atoms with Crippen molar-refractivity contribution in [2.75, 3.05) is 19.0 Å². The van der Waals surface area contributed by atoms with Crippen molar-refractivity contribution < 1.29 is 14.3 Å². The number of fused-ring (bicyclic) bond motifs is 1. The number of benzene rings is 2. The highest BCUT2D eigenvalue weighted by Gasteiger charge is 2.34. The molecule has 138 valence electrons. The Morgan fingerprint density at radius 3 is 2.62 bits per heavy atom. The topological polar surface area (TPSA) is 50.8 Å². The minimum absolute atomic E-state index is 0.00347. The van der Waals surface area contributed by atoms with Crippen LogP contribution in [0, 0.1) is 0 Å². The summed E-state index contributed by atoms with van der Waals surface area (Å²) in [7, 11) is 1.63. The fourth-order valence-corrected chi connectivity index (χ4v) is 3.28. The zero-order valence-electron chi connectivity index (χ0n) is 15.8. The Morgan fingerprint density at radius 1 is 1.15 bits per heavy atom. The Hall–Kier alpha value is -2.69. The van der Waals surface area contributed by atoms with Gasteiger partial charge in [0.05, 0.1) is 18.8 Å². The number of para-hydroxylation sites is 2. The van der Waals surface area contributed by atoms with Crippen LogP contribution in [0.4, 0.5) is 5.69 Å². The molecule has 26 heavy (non-hydrogen) atoms. The Kier molecular flexibility index (Phi) is 5.35. The molecule has 2 aromatic rings. The van der Waals surface area contributed by atoms with Gasteiger partial charge >= 0.3 is 0 Å². The quantitative estimate of drug-likeness (QED) is 0.832. The fourth-order valence-electron chi connectivity index (χ4n) is 3.28. The molecule has 1 amide bonds. The first kappa shape index (κ1) is 18.1.